The second-order valence-corrected chi connectivity index (χ2v) is 10.8. The molecule has 0 spiro atoms. The molecule has 4 rings (SSSR count). The minimum absolute atomic E-state index is 0.0277. The van der Waals surface area contributed by atoms with Gasteiger partial charge in [-0.15, -0.1) is 0 Å². The van der Waals surface area contributed by atoms with Crippen LogP contribution in [0, 0.1) is 13.8 Å². The van der Waals surface area contributed by atoms with Crippen molar-refractivity contribution in [3.8, 4) is 23.0 Å². The molecular weight excluding hydrogens is 488 g/mol. The predicted octanol–water partition coefficient (Wildman–Crippen LogP) is 5.63. The molecule has 180 valence electrons. The Morgan fingerprint density at radius 2 is 0.714 bits per heavy atom. The van der Waals surface area contributed by atoms with Crippen LogP contribution >= 0.6 is 0 Å². The second kappa shape index (κ2) is 9.81. The molecule has 0 bridgehead atoms. The Morgan fingerprint density at radius 3 is 1.03 bits per heavy atom. The zero-order valence-corrected chi connectivity index (χ0v) is 20.5. The number of ether oxygens (including phenoxy) is 1. The standard InChI is InChI=1S/C26H22O7S2/c1-19-3-7-23(8-4-19)32-34(27,28)25-15-11-21(12-16-25)31-22-13-17-26(18-14-22)35(29,30)33-24-9-5-20(2)6-10-24/h3-18H,1-2H3. The summed E-state index contributed by atoms with van der Waals surface area (Å²) in [7, 11) is -8.00. The third-order valence-electron chi connectivity index (χ3n) is 4.91. The molecule has 0 heterocycles. The van der Waals surface area contributed by atoms with Crippen LogP contribution in [-0.2, 0) is 20.2 Å². The van der Waals surface area contributed by atoms with Gasteiger partial charge in [-0.1, -0.05) is 35.4 Å². The molecule has 0 saturated carbocycles. The van der Waals surface area contributed by atoms with Gasteiger partial charge in [0.1, 0.15) is 32.8 Å². The van der Waals surface area contributed by atoms with E-state index in [-0.39, 0.29) is 21.3 Å². The first-order valence-electron chi connectivity index (χ1n) is 10.5. The van der Waals surface area contributed by atoms with Crippen molar-refractivity contribution in [1.82, 2.24) is 0 Å². The van der Waals surface area contributed by atoms with Gasteiger partial charge in [0, 0.05) is 0 Å². The quantitative estimate of drug-likeness (QED) is 0.283. The molecule has 0 aromatic heterocycles. The monoisotopic (exact) mass is 510 g/mol. The molecule has 0 saturated heterocycles. The van der Waals surface area contributed by atoms with Crippen molar-refractivity contribution in [3.05, 3.63) is 108 Å². The Bertz CT molecular complexity index is 1390. The van der Waals surface area contributed by atoms with Crippen LogP contribution in [0.3, 0.4) is 0 Å². The first kappa shape index (κ1) is 24.3. The molecule has 9 heteroatoms. The van der Waals surface area contributed by atoms with Gasteiger partial charge >= 0.3 is 20.2 Å². The average molecular weight is 511 g/mol. The normalized spacial score (nSPS) is 11.6. The third kappa shape index (κ3) is 6.20. The lowest BCUT2D eigenvalue weighted by Crippen LogP contribution is -2.09. The van der Waals surface area contributed by atoms with Gasteiger partial charge < -0.3 is 13.1 Å². The topological polar surface area (TPSA) is 96.0 Å². The Morgan fingerprint density at radius 1 is 0.429 bits per heavy atom. The van der Waals surface area contributed by atoms with Gasteiger partial charge in [-0.05, 0) is 86.6 Å². The minimum atomic E-state index is -4.00. The Hall–Kier alpha value is -3.82. The number of hydrogen-bond acceptors (Lipinski definition) is 7. The van der Waals surface area contributed by atoms with Crippen LogP contribution in [-0.4, -0.2) is 16.8 Å². The van der Waals surface area contributed by atoms with Crippen molar-refractivity contribution in [3.63, 3.8) is 0 Å². The summed E-state index contributed by atoms with van der Waals surface area (Å²) >= 11 is 0. The van der Waals surface area contributed by atoms with Gasteiger partial charge in [0.2, 0.25) is 0 Å². The van der Waals surface area contributed by atoms with E-state index in [1.54, 1.807) is 48.5 Å². The van der Waals surface area contributed by atoms with E-state index in [1.807, 2.05) is 13.8 Å². The van der Waals surface area contributed by atoms with E-state index in [2.05, 4.69) is 0 Å². The van der Waals surface area contributed by atoms with Crippen molar-refractivity contribution in [1.29, 1.82) is 0 Å². The third-order valence-corrected chi connectivity index (χ3v) is 7.44. The fraction of sp³-hybridized carbons (Fsp3) is 0.0769. The summed E-state index contributed by atoms with van der Waals surface area (Å²) in [4.78, 5) is -0.0553. The first-order valence-corrected chi connectivity index (χ1v) is 13.3. The van der Waals surface area contributed by atoms with E-state index in [4.69, 9.17) is 13.1 Å². The van der Waals surface area contributed by atoms with E-state index in [0.29, 0.717) is 11.5 Å². The molecule has 0 unspecified atom stereocenters. The minimum Gasteiger partial charge on any atom is -0.457 e. The molecule has 0 amide bonds. The molecule has 4 aromatic rings. The summed E-state index contributed by atoms with van der Waals surface area (Å²) in [6.07, 6.45) is 0. The number of hydrogen-bond donors (Lipinski definition) is 0. The van der Waals surface area contributed by atoms with Crippen molar-refractivity contribution in [2.45, 2.75) is 23.6 Å². The molecule has 0 atom stereocenters. The number of rotatable bonds is 8. The fourth-order valence-electron chi connectivity index (χ4n) is 3.02. The molecule has 35 heavy (non-hydrogen) atoms. The highest BCUT2D eigenvalue weighted by molar-refractivity contribution is 7.87. The van der Waals surface area contributed by atoms with Crippen LogP contribution < -0.4 is 13.1 Å². The maximum absolute atomic E-state index is 12.5. The summed E-state index contributed by atoms with van der Waals surface area (Å²) in [5, 5.41) is 0. The van der Waals surface area contributed by atoms with Crippen molar-refractivity contribution >= 4 is 20.2 Å². The fourth-order valence-corrected chi connectivity index (χ4v) is 4.88. The van der Waals surface area contributed by atoms with E-state index in [1.165, 1.54) is 48.5 Å². The lowest BCUT2D eigenvalue weighted by molar-refractivity contribution is 0.477. The van der Waals surface area contributed by atoms with Crippen LogP contribution in [0.4, 0.5) is 0 Å². The van der Waals surface area contributed by atoms with Crippen LogP contribution in [0.25, 0.3) is 0 Å². The summed E-state index contributed by atoms with van der Waals surface area (Å²) in [6, 6.07) is 24.8. The van der Waals surface area contributed by atoms with Crippen LogP contribution in [0.1, 0.15) is 11.1 Å². The molecule has 0 fully saturated rings. The lowest BCUT2D eigenvalue weighted by Gasteiger charge is -2.10. The Kier molecular flexibility index (Phi) is 6.81. The lowest BCUT2D eigenvalue weighted by atomic mass is 10.2. The SMILES string of the molecule is Cc1ccc(OS(=O)(=O)c2ccc(Oc3ccc(S(=O)(=O)Oc4ccc(C)cc4)cc3)cc2)cc1. The average Bonchev–Trinajstić information content (AvgIpc) is 2.82. The van der Waals surface area contributed by atoms with Crippen molar-refractivity contribution in [2.75, 3.05) is 0 Å². The van der Waals surface area contributed by atoms with Gasteiger partial charge in [-0.2, -0.15) is 16.8 Å². The second-order valence-electron chi connectivity index (χ2n) is 7.75. The van der Waals surface area contributed by atoms with E-state index >= 15 is 0 Å². The smallest absolute Gasteiger partial charge is 0.339 e. The molecule has 0 aliphatic heterocycles. The maximum atomic E-state index is 12.5. The molecule has 0 aliphatic rings. The maximum Gasteiger partial charge on any atom is 0.339 e. The van der Waals surface area contributed by atoms with E-state index < -0.39 is 20.2 Å². The highest BCUT2D eigenvalue weighted by atomic mass is 32.2. The van der Waals surface area contributed by atoms with E-state index in [0.717, 1.165) is 11.1 Å². The van der Waals surface area contributed by atoms with Gasteiger partial charge in [-0.25, -0.2) is 0 Å². The molecule has 0 aliphatic carbocycles. The molecule has 4 aromatic carbocycles. The number of aryl methyl sites for hydroxylation is 2. The van der Waals surface area contributed by atoms with Gasteiger partial charge in [0.05, 0.1) is 0 Å². The van der Waals surface area contributed by atoms with Crippen molar-refractivity contribution in [2.24, 2.45) is 0 Å². The zero-order chi connectivity index (χ0) is 25.1. The largest absolute Gasteiger partial charge is 0.457 e. The van der Waals surface area contributed by atoms with E-state index in [9.17, 15) is 16.8 Å². The molecule has 7 nitrogen and oxygen atoms in total. The van der Waals surface area contributed by atoms with Crippen molar-refractivity contribution < 1.29 is 29.9 Å². The van der Waals surface area contributed by atoms with Gasteiger partial charge in [-0.3, -0.25) is 0 Å². The summed E-state index contributed by atoms with van der Waals surface area (Å²) in [5.74, 6) is 1.17. The summed E-state index contributed by atoms with van der Waals surface area (Å²) in [5.41, 5.74) is 1.97. The molecule has 0 N–H and O–H groups in total. The Labute approximate surface area is 204 Å². The predicted molar refractivity (Wildman–Crippen MR) is 131 cm³/mol. The Balaban J connectivity index is 1.42. The van der Waals surface area contributed by atoms with Crippen LogP contribution in [0.15, 0.2) is 107 Å². The van der Waals surface area contributed by atoms with Gasteiger partial charge in [0.25, 0.3) is 0 Å². The zero-order valence-electron chi connectivity index (χ0n) is 18.9. The molecule has 0 radical (unpaired) electrons. The highest BCUT2D eigenvalue weighted by Gasteiger charge is 2.18. The summed E-state index contributed by atoms with van der Waals surface area (Å²) in [6.45, 7) is 3.78. The van der Waals surface area contributed by atoms with Gasteiger partial charge in [0.15, 0.2) is 0 Å². The van der Waals surface area contributed by atoms with Crippen LogP contribution in [0.2, 0.25) is 0 Å². The first-order chi connectivity index (χ1) is 16.6. The number of benzene rings is 4. The summed E-state index contributed by atoms with van der Waals surface area (Å²) < 4.78 is 66.0. The highest BCUT2D eigenvalue weighted by Crippen LogP contribution is 2.27. The van der Waals surface area contributed by atoms with Crippen LogP contribution in [0.5, 0.6) is 23.0 Å². The molecular formula is C26H22O7S2.